The van der Waals surface area contributed by atoms with Crippen LogP contribution < -0.4 is 15.2 Å². The van der Waals surface area contributed by atoms with Gasteiger partial charge in [-0.2, -0.15) is 0 Å². The van der Waals surface area contributed by atoms with Crippen LogP contribution in [0, 0.1) is 0 Å². The number of rotatable bonds is 2. The number of morpholine rings is 1. The molecule has 0 aliphatic carbocycles. The van der Waals surface area contributed by atoms with Crippen molar-refractivity contribution in [3.63, 3.8) is 0 Å². The first kappa shape index (κ1) is 18.8. The molecular formula is C22H18N2O5S. The summed E-state index contributed by atoms with van der Waals surface area (Å²) in [7, 11) is 0. The number of benzene rings is 2. The van der Waals surface area contributed by atoms with E-state index in [1.807, 2.05) is 29.2 Å². The molecule has 3 heterocycles. The van der Waals surface area contributed by atoms with Gasteiger partial charge in [-0.15, -0.1) is 0 Å². The Hall–Kier alpha value is -3.23. The quantitative estimate of drug-likeness (QED) is 0.654. The van der Waals surface area contributed by atoms with Crippen molar-refractivity contribution >= 4 is 35.1 Å². The van der Waals surface area contributed by atoms with Crippen LogP contribution in [0.4, 0.5) is 22.1 Å². The van der Waals surface area contributed by atoms with Gasteiger partial charge in [0.2, 0.25) is 0 Å². The van der Waals surface area contributed by atoms with Gasteiger partial charge in [0.25, 0.3) is 0 Å². The number of ether oxygens (including phenoxy) is 1. The van der Waals surface area contributed by atoms with Crippen LogP contribution in [0.1, 0.15) is 0 Å². The van der Waals surface area contributed by atoms with Gasteiger partial charge in [0.05, 0.1) is 24.6 Å². The molecule has 1 aromatic heterocycles. The fraction of sp³-hybridized carbons (Fsp3) is 0.182. The van der Waals surface area contributed by atoms with Crippen molar-refractivity contribution in [1.29, 1.82) is 0 Å². The van der Waals surface area contributed by atoms with Crippen molar-refractivity contribution in [1.82, 2.24) is 0 Å². The highest BCUT2D eigenvalue weighted by atomic mass is 32.2. The number of para-hydroxylation sites is 1. The third-order valence-corrected chi connectivity index (χ3v) is 6.28. The molecule has 2 aromatic carbocycles. The Labute approximate surface area is 176 Å². The van der Waals surface area contributed by atoms with E-state index in [4.69, 9.17) is 9.15 Å². The van der Waals surface area contributed by atoms with Crippen molar-refractivity contribution in [3.8, 4) is 11.3 Å². The van der Waals surface area contributed by atoms with E-state index in [-0.39, 0.29) is 5.43 Å². The molecule has 152 valence electrons. The van der Waals surface area contributed by atoms with Crippen LogP contribution in [0.3, 0.4) is 0 Å². The average molecular weight is 422 g/mol. The number of nitrogens with zero attached hydrogens (tertiary/aromatic N) is 2. The largest absolute Gasteiger partial charge is 0.464 e. The van der Waals surface area contributed by atoms with E-state index >= 15 is 0 Å². The van der Waals surface area contributed by atoms with Gasteiger partial charge < -0.3 is 19.2 Å². The van der Waals surface area contributed by atoms with Crippen LogP contribution >= 0.6 is 11.8 Å². The van der Waals surface area contributed by atoms with Gasteiger partial charge in [-0.3, -0.25) is 4.79 Å². The van der Waals surface area contributed by atoms with E-state index in [1.165, 1.54) is 28.8 Å². The van der Waals surface area contributed by atoms with Crippen molar-refractivity contribution in [2.24, 2.45) is 0 Å². The van der Waals surface area contributed by atoms with E-state index in [0.717, 1.165) is 9.79 Å². The van der Waals surface area contributed by atoms with E-state index in [9.17, 15) is 14.7 Å². The molecule has 2 aliphatic heterocycles. The third-order valence-electron chi connectivity index (χ3n) is 5.09. The van der Waals surface area contributed by atoms with Crippen molar-refractivity contribution in [2.75, 3.05) is 36.1 Å². The Morgan fingerprint density at radius 1 is 1.00 bits per heavy atom. The molecule has 1 saturated heterocycles. The number of anilines is 3. The molecule has 8 heteroatoms. The first-order valence-corrected chi connectivity index (χ1v) is 10.3. The predicted molar refractivity (Wildman–Crippen MR) is 114 cm³/mol. The second-order valence-corrected chi connectivity index (χ2v) is 7.99. The number of fused-ring (bicyclic) bond motifs is 2. The van der Waals surface area contributed by atoms with Gasteiger partial charge in [-0.05, 0) is 24.3 Å². The van der Waals surface area contributed by atoms with Crippen LogP contribution in [0.2, 0.25) is 0 Å². The van der Waals surface area contributed by atoms with Crippen LogP contribution in [0.15, 0.2) is 73.6 Å². The maximum Gasteiger partial charge on any atom is 0.416 e. The zero-order chi connectivity index (χ0) is 20.7. The number of hydrogen-bond acceptors (Lipinski definition) is 6. The highest BCUT2D eigenvalue weighted by Crippen LogP contribution is 2.51. The predicted octanol–water partition coefficient (Wildman–Crippen LogP) is 4.42. The molecule has 2 aliphatic rings. The minimum atomic E-state index is -1.07. The van der Waals surface area contributed by atoms with Crippen molar-refractivity contribution in [3.05, 3.63) is 64.8 Å². The Morgan fingerprint density at radius 3 is 2.57 bits per heavy atom. The lowest BCUT2D eigenvalue weighted by atomic mass is 10.1. The van der Waals surface area contributed by atoms with Gasteiger partial charge in [0.15, 0.2) is 11.3 Å². The molecular weight excluding hydrogens is 404 g/mol. The highest BCUT2D eigenvalue weighted by molar-refractivity contribution is 8.00. The van der Waals surface area contributed by atoms with Crippen molar-refractivity contribution < 1.29 is 19.1 Å². The minimum absolute atomic E-state index is 0.161. The average Bonchev–Trinajstić information content (AvgIpc) is 2.77. The molecule has 0 bridgehead atoms. The second-order valence-electron chi connectivity index (χ2n) is 6.94. The number of carboxylic acid groups (broad SMARTS) is 1. The lowest BCUT2D eigenvalue weighted by molar-refractivity contribution is 0.120. The smallest absolute Gasteiger partial charge is 0.416 e. The summed E-state index contributed by atoms with van der Waals surface area (Å²) in [6.07, 6.45) is -1.07. The SMILES string of the molecule is O=C(O)N1c2ccccc2Sc2c(-c3cc(=O)cc(N4CCOCC4)o3)cccc21. The van der Waals surface area contributed by atoms with Crippen LogP contribution in [-0.2, 0) is 4.74 Å². The monoisotopic (exact) mass is 422 g/mol. The normalized spacial score (nSPS) is 15.5. The Balaban J connectivity index is 1.65. The van der Waals surface area contributed by atoms with Gasteiger partial charge >= 0.3 is 6.09 Å². The van der Waals surface area contributed by atoms with Crippen LogP contribution in [-0.4, -0.2) is 37.5 Å². The summed E-state index contributed by atoms with van der Waals surface area (Å²) in [4.78, 5) is 29.3. The number of amides is 1. The van der Waals surface area contributed by atoms with E-state index in [0.29, 0.717) is 54.9 Å². The Kier molecular flexibility index (Phi) is 4.72. The third kappa shape index (κ3) is 3.24. The van der Waals surface area contributed by atoms with Gasteiger partial charge in [0, 0.05) is 40.6 Å². The molecule has 5 rings (SSSR count). The molecule has 1 fully saturated rings. The summed E-state index contributed by atoms with van der Waals surface area (Å²) in [5.74, 6) is 0.910. The molecule has 7 nitrogen and oxygen atoms in total. The topological polar surface area (TPSA) is 83.2 Å². The summed E-state index contributed by atoms with van der Waals surface area (Å²) in [5.41, 5.74) is 1.68. The van der Waals surface area contributed by atoms with Gasteiger partial charge in [-0.1, -0.05) is 30.0 Å². The van der Waals surface area contributed by atoms with Crippen molar-refractivity contribution in [2.45, 2.75) is 9.79 Å². The molecule has 0 radical (unpaired) electrons. The Morgan fingerprint density at radius 2 is 1.77 bits per heavy atom. The molecule has 0 saturated carbocycles. The molecule has 1 amide bonds. The molecule has 0 atom stereocenters. The van der Waals surface area contributed by atoms with Crippen LogP contribution in [0.25, 0.3) is 11.3 Å². The van der Waals surface area contributed by atoms with E-state index in [1.54, 1.807) is 18.2 Å². The summed E-state index contributed by atoms with van der Waals surface area (Å²) >= 11 is 1.47. The summed E-state index contributed by atoms with van der Waals surface area (Å²) in [5, 5.41) is 9.88. The Bertz CT molecular complexity index is 1190. The van der Waals surface area contributed by atoms with Gasteiger partial charge in [0.1, 0.15) is 5.76 Å². The second kappa shape index (κ2) is 7.55. The highest BCUT2D eigenvalue weighted by Gasteiger charge is 2.30. The summed E-state index contributed by atoms with van der Waals surface area (Å²) < 4.78 is 11.5. The maximum absolute atomic E-state index is 12.4. The first-order valence-electron chi connectivity index (χ1n) is 9.53. The lowest BCUT2D eigenvalue weighted by Crippen LogP contribution is -2.36. The van der Waals surface area contributed by atoms with E-state index < -0.39 is 6.09 Å². The maximum atomic E-state index is 12.4. The molecule has 1 N–H and O–H groups in total. The van der Waals surface area contributed by atoms with Gasteiger partial charge in [-0.25, -0.2) is 9.69 Å². The van der Waals surface area contributed by atoms with E-state index in [2.05, 4.69) is 0 Å². The minimum Gasteiger partial charge on any atom is -0.464 e. The molecule has 0 unspecified atom stereocenters. The summed E-state index contributed by atoms with van der Waals surface area (Å²) in [6, 6.07) is 15.7. The lowest BCUT2D eigenvalue weighted by Gasteiger charge is -2.30. The zero-order valence-electron chi connectivity index (χ0n) is 15.9. The fourth-order valence-corrected chi connectivity index (χ4v) is 4.89. The molecule has 0 spiro atoms. The zero-order valence-corrected chi connectivity index (χ0v) is 16.7. The molecule has 30 heavy (non-hydrogen) atoms. The number of carbonyl (C=O) groups is 1. The number of hydrogen-bond donors (Lipinski definition) is 1. The van der Waals surface area contributed by atoms with Crippen LogP contribution in [0.5, 0.6) is 0 Å². The fourth-order valence-electron chi connectivity index (χ4n) is 3.71. The molecule has 3 aromatic rings. The first-order chi connectivity index (χ1) is 14.6. The standard InChI is InChI=1S/C22H18N2O5S/c25-14-12-18(29-20(13-14)23-8-10-28-11-9-23)15-4-3-6-17-21(15)30-19-7-2-1-5-16(19)24(17)22(26)27/h1-7,12-13H,8-11H2,(H,26,27). The summed E-state index contributed by atoms with van der Waals surface area (Å²) in [6.45, 7) is 2.45.